The van der Waals surface area contributed by atoms with E-state index in [1.165, 1.54) is 4.46 Å². The van der Waals surface area contributed by atoms with E-state index in [0.717, 1.165) is 8.84 Å². The molecule has 134 valence electrons. The molecule has 2 aromatic rings. The van der Waals surface area contributed by atoms with E-state index < -0.39 is 7.60 Å². The Morgan fingerprint density at radius 3 is 2.12 bits per heavy atom. The van der Waals surface area contributed by atoms with Crippen LogP contribution in [0.15, 0.2) is 70.6 Å². The van der Waals surface area contributed by atoms with Crippen LogP contribution in [-0.4, -0.2) is 38.4 Å². The molecule has 0 spiro atoms. The first-order valence-corrected chi connectivity index (χ1v) is 12.3. The van der Waals surface area contributed by atoms with Crippen molar-refractivity contribution in [2.24, 2.45) is 4.99 Å². The van der Waals surface area contributed by atoms with E-state index in [9.17, 15) is 4.57 Å². The summed E-state index contributed by atoms with van der Waals surface area (Å²) in [6, 6.07) is 20.3. The van der Waals surface area contributed by atoms with Crippen molar-refractivity contribution >= 4 is 42.7 Å². The summed E-state index contributed by atoms with van der Waals surface area (Å²) in [4.78, 5) is 5.73. The Morgan fingerprint density at radius 1 is 1.00 bits per heavy atom. The number of benzene rings is 2. The molecular formula is C18H22NO3PSSe. The summed E-state index contributed by atoms with van der Waals surface area (Å²) in [7, 11) is -3.17. The van der Waals surface area contributed by atoms with E-state index in [4.69, 9.17) is 9.05 Å². The Morgan fingerprint density at radius 2 is 1.56 bits per heavy atom. The predicted octanol–water partition coefficient (Wildman–Crippen LogP) is 4.39. The predicted molar refractivity (Wildman–Crippen MR) is 107 cm³/mol. The van der Waals surface area contributed by atoms with Gasteiger partial charge in [-0.3, -0.25) is 0 Å². The van der Waals surface area contributed by atoms with Crippen LogP contribution in [0.4, 0.5) is 0 Å². The fourth-order valence-electron chi connectivity index (χ4n) is 1.92. The molecule has 0 atom stereocenters. The van der Waals surface area contributed by atoms with E-state index in [-0.39, 0.29) is 21.2 Å². The molecule has 0 saturated carbocycles. The van der Waals surface area contributed by atoms with Gasteiger partial charge in [-0.1, -0.05) is 0 Å². The van der Waals surface area contributed by atoms with Crippen LogP contribution in [0.25, 0.3) is 0 Å². The number of hydrogen-bond donors (Lipinski definition) is 0. The molecule has 0 unspecified atom stereocenters. The van der Waals surface area contributed by atoms with Gasteiger partial charge in [-0.2, -0.15) is 0 Å². The van der Waals surface area contributed by atoms with E-state index in [2.05, 4.69) is 17.1 Å². The van der Waals surface area contributed by atoms with Crippen LogP contribution in [-0.2, 0) is 13.6 Å². The van der Waals surface area contributed by atoms with Crippen molar-refractivity contribution in [3.63, 3.8) is 0 Å². The van der Waals surface area contributed by atoms with Crippen molar-refractivity contribution in [3.05, 3.63) is 60.7 Å². The van der Waals surface area contributed by atoms with Gasteiger partial charge >= 0.3 is 160 Å². The minimum atomic E-state index is -3.17. The summed E-state index contributed by atoms with van der Waals surface area (Å²) in [5.74, 6) is 0. The van der Waals surface area contributed by atoms with Crippen LogP contribution in [0.5, 0.6) is 0 Å². The monoisotopic (exact) mass is 443 g/mol. The zero-order valence-corrected chi connectivity index (χ0v) is 17.8. The molecule has 0 aliphatic rings. The van der Waals surface area contributed by atoms with Crippen LogP contribution in [0.1, 0.15) is 13.8 Å². The molecular weight excluding hydrogens is 420 g/mol. The summed E-state index contributed by atoms with van der Waals surface area (Å²) >= 11 is 1.64. The first kappa shape index (κ1) is 20.4. The van der Waals surface area contributed by atoms with Crippen LogP contribution in [0.3, 0.4) is 0 Å². The Labute approximate surface area is 160 Å². The molecule has 0 bridgehead atoms. The first-order valence-electron chi connectivity index (χ1n) is 8.03. The molecule has 0 heterocycles. The van der Waals surface area contributed by atoms with Crippen LogP contribution in [0.2, 0.25) is 0 Å². The fraction of sp³-hybridized carbons (Fsp3) is 0.278. The number of nitrogens with zero attached hydrogens (tertiary/aromatic N) is 1. The third kappa shape index (κ3) is 7.49. The maximum absolute atomic E-state index is 12.7. The Kier molecular flexibility index (Phi) is 8.97. The standard InChI is InChI=1S/C18H22NO3PSSe/c1-3-21-23(20,22-4-2)15-19-18(24-16-11-7-5-8-12-16)25-17-13-9-6-10-14-17/h5-14H,3-4,15H2,1-2H3/b19-18+. The van der Waals surface area contributed by atoms with Crippen molar-refractivity contribution in [1.82, 2.24) is 0 Å². The molecule has 0 aliphatic carbocycles. The molecule has 0 fully saturated rings. The Bertz CT molecular complexity index is 659. The number of rotatable bonds is 9. The maximum atomic E-state index is 12.7. The molecule has 4 nitrogen and oxygen atoms in total. The molecule has 0 aliphatic heterocycles. The SMILES string of the molecule is CCOP(=O)(C/N=C(\Sc1ccccc1)[Se]c1ccccc1)OCC. The zero-order valence-electron chi connectivity index (χ0n) is 14.3. The van der Waals surface area contributed by atoms with E-state index in [0.29, 0.717) is 13.2 Å². The number of hydrogen-bond acceptors (Lipinski definition) is 5. The topological polar surface area (TPSA) is 47.9 Å². The van der Waals surface area contributed by atoms with Crippen molar-refractivity contribution in [3.8, 4) is 0 Å². The zero-order chi connectivity index (χ0) is 18.0. The Hall–Kier alpha value is -0.871. The van der Waals surface area contributed by atoms with Gasteiger partial charge < -0.3 is 0 Å². The fourth-order valence-corrected chi connectivity index (χ4v) is 6.91. The normalized spacial score (nSPS) is 12.3. The van der Waals surface area contributed by atoms with Gasteiger partial charge in [0.15, 0.2) is 0 Å². The van der Waals surface area contributed by atoms with Gasteiger partial charge in [0, 0.05) is 0 Å². The Balaban J connectivity index is 2.18. The van der Waals surface area contributed by atoms with Crippen molar-refractivity contribution < 1.29 is 13.6 Å². The van der Waals surface area contributed by atoms with E-state index in [1.54, 1.807) is 11.8 Å². The summed E-state index contributed by atoms with van der Waals surface area (Å²) in [6.07, 6.45) is 0.0540. The summed E-state index contributed by atoms with van der Waals surface area (Å²) < 4.78 is 25.5. The molecule has 0 radical (unpaired) electrons. The molecule has 0 aromatic heterocycles. The quantitative estimate of drug-likeness (QED) is 0.190. The second-order valence-corrected chi connectivity index (χ2v) is 10.7. The third-order valence-corrected chi connectivity index (χ3v) is 8.18. The number of thioether (sulfide) groups is 1. The second-order valence-electron chi connectivity index (χ2n) is 4.84. The van der Waals surface area contributed by atoms with Crippen LogP contribution < -0.4 is 4.46 Å². The first-order chi connectivity index (χ1) is 12.1. The van der Waals surface area contributed by atoms with Gasteiger partial charge in [-0.05, 0) is 0 Å². The van der Waals surface area contributed by atoms with E-state index >= 15 is 0 Å². The number of aliphatic imine (C=N–C) groups is 1. The van der Waals surface area contributed by atoms with Gasteiger partial charge in [-0.15, -0.1) is 0 Å². The van der Waals surface area contributed by atoms with Crippen LogP contribution in [0, 0.1) is 0 Å². The average molecular weight is 442 g/mol. The third-order valence-electron chi connectivity index (χ3n) is 2.92. The molecule has 0 N–H and O–H groups in total. The molecule has 0 saturated heterocycles. The molecule has 25 heavy (non-hydrogen) atoms. The summed E-state index contributed by atoms with van der Waals surface area (Å²) in [5.41, 5.74) is 0. The van der Waals surface area contributed by atoms with Gasteiger partial charge in [0.25, 0.3) is 0 Å². The van der Waals surface area contributed by atoms with Crippen molar-refractivity contribution in [2.45, 2.75) is 18.7 Å². The average Bonchev–Trinajstić information content (AvgIpc) is 2.62. The van der Waals surface area contributed by atoms with Crippen molar-refractivity contribution in [1.29, 1.82) is 0 Å². The van der Waals surface area contributed by atoms with Gasteiger partial charge in [0.2, 0.25) is 0 Å². The van der Waals surface area contributed by atoms with Gasteiger partial charge in [0.1, 0.15) is 0 Å². The molecule has 0 amide bonds. The molecule has 2 rings (SSSR count). The van der Waals surface area contributed by atoms with Gasteiger partial charge in [0.05, 0.1) is 0 Å². The van der Waals surface area contributed by atoms with E-state index in [1.807, 2.05) is 62.4 Å². The summed E-state index contributed by atoms with van der Waals surface area (Å²) in [6.45, 7) is 4.31. The van der Waals surface area contributed by atoms with Crippen LogP contribution >= 0.6 is 19.4 Å². The van der Waals surface area contributed by atoms with Gasteiger partial charge in [-0.25, -0.2) is 0 Å². The molecule has 2 aromatic carbocycles. The van der Waals surface area contributed by atoms with Crippen molar-refractivity contribution in [2.75, 3.05) is 19.5 Å². The molecule has 7 heteroatoms. The summed E-state index contributed by atoms with van der Waals surface area (Å²) in [5, 5.41) is 0. The second kappa shape index (κ2) is 11.0. The minimum absolute atomic E-state index is 0.0328.